The van der Waals surface area contributed by atoms with Gasteiger partial charge in [0.05, 0.1) is 12.0 Å². The first kappa shape index (κ1) is 12.4. The summed E-state index contributed by atoms with van der Waals surface area (Å²) < 4.78 is 4.39. The van der Waals surface area contributed by atoms with Crippen LogP contribution < -0.4 is 5.32 Å². The molecule has 8 nitrogen and oxygen atoms in total. The molecule has 0 saturated heterocycles. The number of rotatable bonds is 4. The molecule has 1 aromatic heterocycles. The molecule has 0 spiro atoms. The molecular formula is C9H8N4O4. The second-order valence-corrected chi connectivity index (χ2v) is 2.86. The van der Waals surface area contributed by atoms with Gasteiger partial charge in [-0.2, -0.15) is 5.26 Å². The molecule has 0 aliphatic rings. The van der Waals surface area contributed by atoms with E-state index in [-0.39, 0.29) is 23.7 Å². The van der Waals surface area contributed by atoms with E-state index in [9.17, 15) is 14.9 Å². The molecular weight excluding hydrogens is 228 g/mol. The van der Waals surface area contributed by atoms with Gasteiger partial charge in [0.2, 0.25) is 5.69 Å². The maximum Gasteiger partial charge on any atom is 0.325 e. The van der Waals surface area contributed by atoms with E-state index in [1.54, 1.807) is 6.07 Å². The van der Waals surface area contributed by atoms with E-state index in [0.29, 0.717) is 0 Å². The molecule has 0 unspecified atom stereocenters. The van der Waals surface area contributed by atoms with Crippen LogP contribution in [0.3, 0.4) is 0 Å². The number of esters is 1. The first-order chi connectivity index (χ1) is 8.08. The number of aromatic nitrogens is 1. The standard InChI is InChI=1S/C9H8N4O4/c1-17-9(14)5-11-8-3-2-7(13(15)16)6(4-10)12-8/h2-3H,5H2,1H3,(H,11,12). The molecule has 0 atom stereocenters. The van der Waals surface area contributed by atoms with E-state index in [0.717, 1.165) is 6.07 Å². The lowest BCUT2D eigenvalue weighted by Crippen LogP contribution is -2.16. The number of carbonyl (C=O) groups excluding carboxylic acids is 1. The molecule has 1 N–H and O–H groups in total. The molecule has 0 radical (unpaired) electrons. The van der Waals surface area contributed by atoms with Crippen LogP contribution >= 0.6 is 0 Å². The van der Waals surface area contributed by atoms with Gasteiger partial charge < -0.3 is 10.1 Å². The van der Waals surface area contributed by atoms with Crippen molar-refractivity contribution in [1.82, 2.24) is 4.98 Å². The number of nitro groups is 1. The van der Waals surface area contributed by atoms with E-state index < -0.39 is 10.9 Å². The van der Waals surface area contributed by atoms with Crippen LogP contribution in [0.1, 0.15) is 5.69 Å². The predicted octanol–water partition coefficient (Wildman–Crippen LogP) is 0.446. The van der Waals surface area contributed by atoms with Crippen molar-refractivity contribution in [3.63, 3.8) is 0 Å². The van der Waals surface area contributed by atoms with E-state index in [1.165, 1.54) is 13.2 Å². The normalized spacial score (nSPS) is 9.18. The number of hydrogen-bond acceptors (Lipinski definition) is 7. The highest BCUT2D eigenvalue weighted by Crippen LogP contribution is 2.17. The third-order valence-corrected chi connectivity index (χ3v) is 1.82. The molecule has 1 aromatic rings. The van der Waals surface area contributed by atoms with Gasteiger partial charge in [-0.1, -0.05) is 0 Å². The van der Waals surface area contributed by atoms with Gasteiger partial charge >= 0.3 is 11.7 Å². The maximum atomic E-state index is 10.8. The fourth-order valence-corrected chi connectivity index (χ4v) is 1.01. The lowest BCUT2D eigenvalue weighted by Gasteiger charge is -2.03. The summed E-state index contributed by atoms with van der Waals surface area (Å²) in [5.74, 6) is -0.318. The molecule has 0 saturated carbocycles. The zero-order chi connectivity index (χ0) is 12.8. The van der Waals surface area contributed by atoms with Crippen molar-refractivity contribution in [3.05, 3.63) is 27.9 Å². The van der Waals surface area contributed by atoms with Gasteiger partial charge in [-0.25, -0.2) is 4.98 Å². The first-order valence-electron chi connectivity index (χ1n) is 4.44. The molecule has 1 rings (SSSR count). The zero-order valence-electron chi connectivity index (χ0n) is 8.84. The molecule has 0 aromatic carbocycles. The van der Waals surface area contributed by atoms with Crippen molar-refractivity contribution in [2.24, 2.45) is 0 Å². The molecule has 17 heavy (non-hydrogen) atoms. The average molecular weight is 236 g/mol. The SMILES string of the molecule is COC(=O)CNc1ccc([N+](=O)[O-])c(C#N)n1. The Kier molecular flexibility index (Phi) is 3.94. The molecule has 0 aliphatic heterocycles. The lowest BCUT2D eigenvalue weighted by molar-refractivity contribution is -0.385. The fourth-order valence-electron chi connectivity index (χ4n) is 1.01. The molecule has 1 heterocycles. The maximum absolute atomic E-state index is 10.8. The molecule has 0 amide bonds. The Hall–Kier alpha value is -2.69. The highest BCUT2D eigenvalue weighted by atomic mass is 16.6. The summed E-state index contributed by atoms with van der Waals surface area (Å²) >= 11 is 0. The van der Waals surface area contributed by atoms with Crippen LogP contribution in [0.2, 0.25) is 0 Å². The summed E-state index contributed by atoms with van der Waals surface area (Å²) in [6.07, 6.45) is 0. The number of ether oxygens (including phenoxy) is 1. The van der Waals surface area contributed by atoms with Crippen molar-refractivity contribution in [1.29, 1.82) is 5.26 Å². The van der Waals surface area contributed by atoms with Crippen LogP contribution in [0.25, 0.3) is 0 Å². The minimum atomic E-state index is -0.699. The fraction of sp³-hybridized carbons (Fsp3) is 0.222. The Morgan fingerprint density at radius 1 is 1.71 bits per heavy atom. The Morgan fingerprint density at radius 2 is 2.41 bits per heavy atom. The minimum Gasteiger partial charge on any atom is -0.468 e. The number of nitriles is 1. The number of nitrogens with zero attached hydrogens (tertiary/aromatic N) is 3. The first-order valence-corrected chi connectivity index (χ1v) is 4.44. The second-order valence-electron chi connectivity index (χ2n) is 2.86. The van der Waals surface area contributed by atoms with Gasteiger partial charge in [-0.15, -0.1) is 0 Å². The van der Waals surface area contributed by atoms with E-state index in [2.05, 4.69) is 15.0 Å². The van der Waals surface area contributed by atoms with Crippen LogP contribution in [-0.2, 0) is 9.53 Å². The van der Waals surface area contributed by atoms with Crippen molar-refractivity contribution >= 4 is 17.5 Å². The zero-order valence-corrected chi connectivity index (χ0v) is 8.84. The monoisotopic (exact) mass is 236 g/mol. The topological polar surface area (TPSA) is 118 Å². The molecule has 0 aliphatic carbocycles. The Labute approximate surface area is 96.0 Å². The largest absolute Gasteiger partial charge is 0.468 e. The number of methoxy groups -OCH3 is 1. The van der Waals surface area contributed by atoms with Crippen molar-refractivity contribution in [3.8, 4) is 6.07 Å². The number of hydrogen-bond donors (Lipinski definition) is 1. The summed E-state index contributed by atoms with van der Waals surface area (Å²) in [4.78, 5) is 24.4. The Bertz CT molecular complexity index is 494. The smallest absolute Gasteiger partial charge is 0.325 e. The highest BCUT2D eigenvalue weighted by Gasteiger charge is 2.15. The van der Waals surface area contributed by atoms with Gasteiger partial charge in [-0.3, -0.25) is 14.9 Å². The average Bonchev–Trinajstić information content (AvgIpc) is 2.35. The van der Waals surface area contributed by atoms with Gasteiger partial charge in [-0.05, 0) is 6.07 Å². The molecule has 0 bridgehead atoms. The highest BCUT2D eigenvalue weighted by molar-refractivity contribution is 5.74. The third kappa shape index (κ3) is 3.13. The number of anilines is 1. The van der Waals surface area contributed by atoms with Crippen molar-refractivity contribution < 1.29 is 14.5 Å². The Morgan fingerprint density at radius 3 is 2.94 bits per heavy atom. The quantitative estimate of drug-likeness (QED) is 0.457. The van der Waals surface area contributed by atoms with Crippen molar-refractivity contribution in [2.75, 3.05) is 19.0 Å². The van der Waals surface area contributed by atoms with Crippen LogP contribution in [0, 0.1) is 21.4 Å². The molecule has 88 valence electrons. The van der Waals surface area contributed by atoms with Gasteiger partial charge in [0.15, 0.2) is 0 Å². The van der Waals surface area contributed by atoms with Gasteiger partial charge in [0.1, 0.15) is 18.4 Å². The second kappa shape index (κ2) is 5.41. The molecule has 8 heteroatoms. The predicted molar refractivity (Wildman–Crippen MR) is 56.1 cm³/mol. The lowest BCUT2D eigenvalue weighted by atomic mass is 10.3. The van der Waals surface area contributed by atoms with Gasteiger partial charge in [0, 0.05) is 6.07 Å². The summed E-state index contributed by atoms with van der Waals surface area (Å²) in [6.45, 7) is -0.133. The summed E-state index contributed by atoms with van der Waals surface area (Å²) in [5.41, 5.74) is -0.694. The minimum absolute atomic E-state index is 0.133. The van der Waals surface area contributed by atoms with E-state index >= 15 is 0 Å². The van der Waals surface area contributed by atoms with E-state index in [1.807, 2.05) is 0 Å². The summed E-state index contributed by atoms with van der Waals surface area (Å²) in [5, 5.41) is 21.8. The van der Waals surface area contributed by atoms with Crippen LogP contribution in [0.15, 0.2) is 12.1 Å². The number of pyridine rings is 1. The summed E-state index contributed by atoms with van der Waals surface area (Å²) in [6, 6.07) is 4.06. The number of nitrogens with one attached hydrogen (secondary N) is 1. The van der Waals surface area contributed by atoms with Gasteiger partial charge in [0.25, 0.3) is 0 Å². The van der Waals surface area contributed by atoms with Crippen molar-refractivity contribution in [2.45, 2.75) is 0 Å². The van der Waals surface area contributed by atoms with Crippen LogP contribution in [0.5, 0.6) is 0 Å². The molecule has 0 fully saturated rings. The summed E-state index contributed by atoms with van der Waals surface area (Å²) in [7, 11) is 1.23. The third-order valence-electron chi connectivity index (χ3n) is 1.82. The number of carbonyl (C=O) groups is 1. The Balaban J connectivity index is 2.87. The van der Waals surface area contributed by atoms with E-state index in [4.69, 9.17) is 5.26 Å². The van der Waals surface area contributed by atoms with Crippen LogP contribution in [0.4, 0.5) is 11.5 Å². The van der Waals surface area contributed by atoms with Crippen LogP contribution in [-0.4, -0.2) is 29.5 Å².